The molecule has 27 heavy (non-hydrogen) atoms. The molecule has 0 atom stereocenters. The molecule has 1 aromatic carbocycles. The SMILES string of the molecule is CCc1cc2cc(C(=O)C3CCC(OC)CC3)ccc2n(CC(=O)O)c1=O. The molecule has 1 aliphatic rings. The number of carboxylic acids is 1. The molecule has 0 unspecified atom stereocenters. The Labute approximate surface area is 157 Å². The number of methoxy groups -OCH3 is 1. The fraction of sp³-hybridized carbons (Fsp3) is 0.476. The Kier molecular flexibility index (Phi) is 5.75. The summed E-state index contributed by atoms with van der Waals surface area (Å²) in [6, 6.07) is 6.95. The zero-order chi connectivity index (χ0) is 19.6. The highest BCUT2D eigenvalue weighted by Crippen LogP contribution is 2.29. The summed E-state index contributed by atoms with van der Waals surface area (Å²) < 4.78 is 6.64. The van der Waals surface area contributed by atoms with Gasteiger partial charge in [0.25, 0.3) is 5.56 Å². The Morgan fingerprint density at radius 1 is 1.19 bits per heavy atom. The van der Waals surface area contributed by atoms with Gasteiger partial charge in [-0.25, -0.2) is 0 Å². The summed E-state index contributed by atoms with van der Waals surface area (Å²) in [6.07, 6.45) is 4.15. The van der Waals surface area contributed by atoms with E-state index in [1.807, 2.05) is 6.92 Å². The van der Waals surface area contributed by atoms with Gasteiger partial charge in [-0.15, -0.1) is 0 Å². The third-order valence-electron chi connectivity index (χ3n) is 5.51. The molecule has 1 N–H and O–H groups in total. The molecule has 0 radical (unpaired) electrons. The van der Waals surface area contributed by atoms with Gasteiger partial charge in [0.1, 0.15) is 6.54 Å². The first-order chi connectivity index (χ1) is 12.9. The second kappa shape index (κ2) is 8.05. The summed E-state index contributed by atoms with van der Waals surface area (Å²) in [5.41, 5.74) is 1.42. The van der Waals surface area contributed by atoms with Crippen LogP contribution in [0.25, 0.3) is 10.9 Å². The normalized spacial score (nSPS) is 19.9. The molecular formula is C21H25NO5. The number of aromatic nitrogens is 1. The van der Waals surface area contributed by atoms with Gasteiger partial charge in [-0.1, -0.05) is 6.92 Å². The van der Waals surface area contributed by atoms with Crippen molar-refractivity contribution in [2.24, 2.45) is 5.92 Å². The molecule has 0 spiro atoms. The average molecular weight is 371 g/mol. The van der Waals surface area contributed by atoms with Gasteiger partial charge < -0.3 is 9.84 Å². The largest absolute Gasteiger partial charge is 0.480 e. The van der Waals surface area contributed by atoms with E-state index in [0.29, 0.717) is 23.1 Å². The third-order valence-corrected chi connectivity index (χ3v) is 5.51. The molecule has 0 bridgehead atoms. The number of carbonyl (C=O) groups excluding carboxylic acids is 1. The molecule has 6 heteroatoms. The van der Waals surface area contributed by atoms with Crippen molar-refractivity contribution >= 4 is 22.7 Å². The van der Waals surface area contributed by atoms with Crippen LogP contribution < -0.4 is 5.56 Å². The highest BCUT2D eigenvalue weighted by atomic mass is 16.5. The third kappa shape index (κ3) is 3.95. The molecule has 1 aliphatic carbocycles. The Balaban J connectivity index is 1.97. The second-order valence-corrected chi connectivity index (χ2v) is 7.16. The number of nitrogens with zero attached hydrogens (tertiary/aromatic N) is 1. The maximum Gasteiger partial charge on any atom is 0.323 e. The van der Waals surface area contributed by atoms with E-state index in [2.05, 4.69) is 0 Å². The summed E-state index contributed by atoms with van der Waals surface area (Å²) in [4.78, 5) is 36.6. The van der Waals surface area contributed by atoms with Crippen LogP contribution in [0.5, 0.6) is 0 Å². The number of carbonyl (C=O) groups is 2. The molecule has 2 aromatic rings. The van der Waals surface area contributed by atoms with Gasteiger partial charge in [0.05, 0.1) is 11.6 Å². The van der Waals surface area contributed by atoms with E-state index in [1.165, 1.54) is 4.57 Å². The van der Waals surface area contributed by atoms with Gasteiger partial charge in [0, 0.05) is 24.2 Å². The zero-order valence-corrected chi connectivity index (χ0v) is 15.7. The van der Waals surface area contributed by atoms with Gasteiger partial charge in [-0.05, 0) is 61.8 Å². The maximum atomic E-state index is 12.9. The van der Waals surface area contributed by atoms with Crippen LogP contribution in [-0.2, 0) is 22.5 Å². The molecule has 144 valence electrons. The molecule has 0 saturated heterocycles. The van der Waals surface area contributed by atoms with Gasteiger partial charge in [-0.3, -0.25) is 19.0 Å². The topological polar surface area (TPSA) is 85.6 Å². The monoisotopic (exact) mass is 371 g/mol. The molecule has 6 nitrogen and oxygen atoms in total. The van der Waals surface area contributed by atoms with E-state index in [4.69, 9.17) is 9.84 Å². The number of aryl methyl sites for hydroxylation is 1. The number of hydrogen-bond donors (Lipinski definition) is 1. The summed E-state index contributed by atoms with van der Waals surface area (Å²) in [6.45, 7) is 1.47. The van der Waals surface area contributed by atoms with E-state index in [9.17, 15) is 14.4 Å². The van der Waals surface area contributed by atoms with E-state index in [1.54, 1.807) is 31.4 Å². The van der Waals surface area contributed by atoms with Crippen LogP contribution in [0.2, 0.25) is 0 Å². The Morgan fingerprint density at radius 3 is 2.48 bits per heavy atom. The Hall–Kier alpha value is -2.47. The number of Topliss-reactive ketones (excluding diaryl/α,β-unsaturated/α-hetero) is 1. The first-order valence-corrected chi connectivity index (χ1v) is 9.39. The number of aliphatic carboxylic acids is 1. The van der Waals surface area contributed by atoms with Crippen molar-refractivity contribution in [1.82, 2.24) is 4.57 Å². The van der Waals surface area contributed by atoms with Crippen molar-refractivity contribution < 1.29 is 19.4 Å². The van der Waals surface area contributed by atoms with E-state index >= 15 is 0 Å². The van der Waals surface area contributed by atoms with Crippen LogP contribution in [0.1, 0.15) is 48.5 Å². The van der Waals surface area contributed by atoms with Crippen LogP contribution in [0, 0.1) is 5.92 Å². The van der Waals surface area contributed by atoms with Gasteiger partial charge in [0.2, 0.25) is 0 Å². The first-order valence-electron chi connectivity index (χ1n) is 9.39. The zero-order valence-electron chi connectivity index (χ0n) is 15.7. The minimum Gasteiger partial charge on any atom is -0.480 e. The van der Waals surface area contributed by atoms with Gasteiger partial charge in [0.15, 0.2) is 5.78 Å². The quantitative estimate of drug-likeness (QED) is 0.789. The minimum absolute atomic E-state index is 0.00980. The predicted molar refractivity (Wildman–Crippen MR) is 102 cm³/mol. The maximum absolute atomic E-state index is 12.9. The van der Waals surface area contributed by atoms with Crippen molar-refractivity contribution in [3.05, 3.63) is 45.7 Å². The lowest BCUT2D eigenvalue weighted by Crippen LogP contribution is -2.27. The lowest BCUT2D eigenvalue weighted by atomic mass is 9.82. The lowest BCUT2D eigenvalue weighted by molar-refractivity contribution is -0.137. The number of carboxylic acid groups (broad SMARTS) is 1. The molecular weight excluding hydrogens is 346 g/mol. The van der Waals surface area contributed by atoms with Gasteiger partial charge >= 0.3 is 5.97 Å². The summed E-state index contributed by atoms with van der Waals surface area (Å²) in [5, 5.41) is 9.87. The molecule has 1 heterocycles. The molecule has 1 saturated carbocycles. The number of rotatable bonds is 6. The lowest BCUT2D eigenvalue weighted by Gasteiger charge is -2.26. The predicted octanol–water partition coefficient (Wildman–Crippen LogP) is 3.04. The highest BCUT2D eigenvalue weighted by Gasteiger charge is 2.27. The first kappa shape index (κ1) is 19.3. The molecule has 0 aliphatic heterocycles. The van der Waals surface area contributed by atoms with Crippen molar-refractivity contribution in [1.29, 1.82) is 0 Å². The number of benzene rings is 1. The fourth-order valence-electron chi connectivity index (χ4n) is 3.94. The van der Waals surface area contributed by atoms with Crippen LogP contribution in [0.4, 0.5) is 0 Å². The fourth-order valence-corrected chi connectivity index (χ4v) is 3.94. The Morgan fingerprint density at radius 2 is 1.89 bits per heavy atom. The second-order valence-electron chi connectivity index (χ2n) is 7.16. The number of ether oxygens (including phenoxy) is 1. The molecule has 1 fully saturated rings. The smallest absolute Gasteiger partial charge is 0.323 e. The molecule has 3 rings (SSSR count). The van der Waals surface area contributed by atoms with Crippen LogP contribution in [-0.4, -0.2) is 34.6 Å². The number of fused-ring (bicyclic) bond motifs is 1. The molecule has 1 aromatic heterocycles. The Bertz CT molecular complexity index is 922. The summed E-state index contributed by atoms with van der Waals surface area (Å²) >= 11 is 0. The van der Waals surface area contributed by atoms with Crippen molar-refractivity contribution in [2.75, 3.05) is 7.11 Å². The van der Waals surface area contributed by atoms with E-state index in [0.717, 1.165) is 31.1 Å². The number of hydrogen-bond acceptors (Lipinski definition) is 4. The van der Waals surface area contributed by atoms with Crippen molar-refractivity contribution in [3.8, 4) is 0 Å². The highest BCUT2D eigenvalue weighted by molar-refractivity contribution is 6.01. The standard InChI is InChI=1S/C21H25NO5/c1-3-13-10-16-11-15(20(25)14-4-7-17(27-2)8-5-14)6-9-18(16)22(21(13)26)12-19(23)24/h6,9-11,14,17H,3-5,7-8,12H2,1-2H3,(H,23,24). The number of ketones is 1. The van der Waals surface area contributed by atoms with E-state index < -0.39 is 12.5 Å². The van der Waals surface area contributed by atoms with Gasteiger partial charge in [-0.2, -0.15) is 0 Å². The van der Waals surface area contributed by atoms with Crippen molar-refractivity contribution in [3.63, 3.8) is 0 Å². The number of pyridine rings is 1. The van der Waals surface area contributed by atoms with Crippen LogP contribution >= 0.6 is 0 Å². The average Bonchev–Trinajstić information content (AvgIpc) is 2.68. The van der Waals surface area contributed by atoms with Crippen LogP contribution in [0.3, 0.4) is 0 Å². The summed E-state index contributed by atoms with van der Waals surface area (Å²) in [7, 11) is 1.71. The van der Waals surface area contributed by atoms with Crippen LogP contribution in [0.15, 0.2) is 29.1 Å². The minimum atomic E-state index is -1.07. The molecule has 0 amide bonds. The van der Waals surface area contributed by atoms with Crippen molar-refractivity contribution in [2.45, 2.75) is 51.7 Å². The summed E-state index contributed by atoms with van der Waals surface area (Å²) in [5.74, 6) is -0.966. The van der Waals surface area contributed by atoms with E-state index in [-0.39, 0.29) is 23.4 Å².